The first-order valence-electron chi connectivity index (χ1n) is 7.76. The maximum Gasteiger partial charge on any atom is 0.255 e. The van der Waals surface area contributed by atoms with Crippen molar-refractivity contribution < 1.29 is 19.7 Å². The molecule has 0 aliphatic carbocycles. The van der Waals surface area contributed by atoms with Gasteiger partial charge in [-0.25, -0.2) is 0 Å². The highest BCUT2D eigenvalue weighted by Gasteiger charge is 2.49. The molecule has 2 fully saturated rings. The van der Waals surface area contributed by atoms with E-state index in [1.165, 1.54) is 6.20 Å². The summed E-state index contributed by atoms with van der Waals surface area (Å²) < 4.78 is 5.83. The van der Waals surface area contributed by atoms with Crippen LogP contribution in [0.4, 0.5) is 0 Å². The van der Waals surface area contributed by atoms with Crippen molar-refractivity contribution in [3.8, 4) is 0 Å². The summed E-state index contributed by atoms with van der Waals surface area (Å²) in [4.78, 5) is 18.2. The van der Waals surface area contributed by atoms with Gasteiger partial charge in [-0.15, -0.1) is 0 Å². The molecule has 2 aliphatic heterocycles. The van der Waals surface area contributed by atoms with Crippen LogP contribution < -0.4 is 0 Å². The average molecular weight is 341 g/mol. The van der Waals surface area contributed by atoms with Gasteiger partial charge in [-0.05, 0) is 25.8 Å². The second kappa shape index (κ2) is 6.02. The van der Waals surface area contributed by atoms with Crippen LogP contribution >= 0.6 is 11.6 Å². The fourth-order valence-corrected chi connectivity index (χ4v) is 3.61. The number of nitrogens with zero attached hydrogens (tertiary/aromatic N) is 2. The molecule has 23 heavy (non-hydrogen) atoms. The van der Waals surface area contributed by atoms with E-state index < -0.39 is 17.3 Å². The van der Waals surface area contributed by atoms with Crippen molar-refractivity contribution in [2.45, 2.75) is 43.5 Å². The van der Waals surface area contributed by atoms with Gasteiger partial charge >= 0.3 is 0 Å². The minimum absolute atomic E-state index is 0.116. The number of rotatable bonds is 1. The number of aromatic nitrogens is 1. The number of halogens is 1. The highest BCUT2D eigenvalue weighted by molar-refractivity contribution is 6.33. The first kappa shape index (κ1) is 16.6. The largest absolute Gasteiger partial charge is 0.388 e. The number of aliphatic hydroxyl groups is 2. The monoisotopic (exact) mass is 340 g/mol. The normalized spacial score (nSPS) is 30.4. The van der Waals surface area contributed by atoms with Gasteiger partial charge < -0.3 is 19.8 Å². The molecular weight excluding hydrogens is 320 g/mol. The first-order valence-corrected chi connectivity index (χ1v) is 8.14. The topological polar surface area (TPSA) is 82.9 Å². The molecule has 2 saturated heterocycles. The van der Waals surface area contributed by atoms with E-state index in [1.807, 2.05) is 0 Å². The molecule has 2 atom stereocenters. The Kier molecular flexibility index (Phi) is 4.35. The lowest BCUT2D eigenvalue weighted by molar-refractivity contribution is -0.221. The van der Waals surface area contributed by atoms with Crippen LogP contribution in [0, 0.1) is 0 Å². The van der Waals surface area contributed by atoms with Crippen LogP contribution in [0.5, 0.6) is 0 Å². The quantitative estimate of drug-likeness (QED) is 0.803. The molecule has 6 nitrogen and oxygen atoms in total. The molecule has 0 saturated carbocycles. The van der Waals surface area contributed by atoms with E-state index in [0.29, 0.717) is 42.9 Å². The fraction of sp³-hybridized carbons (Fsp3) is 0.625. The lowest BCUT2D eigenvalue weighted by atomic mass is 9.76. The number of pyridine rings is 1. The van der Waals surface area contributed by atoms with Gasteiger partial charge in [-0.1, -0.05) is 11.6 Å². The molecule has 3 rings (SSSR count). The highest BCUT2D eigenvalue weighted by atomic mass is 35.5. The fourth-order valence-electron chi connectivity index (χ4n) is 3.41. The molecular formula is C16H21ClN2O4. The molecule has 1 aromatic heterocycles. The lowest BCUT2D eigenvalue weighted by Gasteiger charge is -2.49. The van der Waals surface area contributed by atoms with E-state index in [0.717, 1.165) is 0 Å². The number of hydrogen-bond donors (Lipinski definition) is 2. The number of hydrogen-bond acceptors (Lipinski definition) is 5. The van der Waals surface area contributed by atoms with Crippen molar-refractivity contribution in [2.75, 3.05) is 19.7 Å². The van der Waals surface area contributed by atoms with Crippen LogP contribution in [-0.2, 0) is 4.74 Å². The summed E-state index contributed by atoms with van der Waals surface area (Å²) in [6.07, 6.45) is 3.77. The first-order chi connectivity index (χ1) is 10.8. The SMILES string of the molecule is C[C@]1(O)CC2(CCN(C(=O)c3ccncc3Cl)CC2)OC[C@@H]1O. The van der Waals surface area contributed by atoms with Crippen molar-refractivity contribution in [3.05, 3.63) is 29.0 Å². The maximum atomic E-state index is 12.6. The van der Waals surface area contributed by atoms with Crippen molar-refractivity contribution in [1.29, 1.82) is 0 Å². The van der Waals surface area contributed by atoms with Crippen molar-refractivity contribution in [2.24, 2.45) is 0 Å². The van der Waals surface area contributed by atoms with Gasteiger partial charge in [-0.3, -0.25) is 9.78 Å². The molecule has 3 heterocycles. The number of likely N-dealkylation sites (tertiary alicyclic amines) is 1. The number of carbonyl (C=O) groups excluding carboxylic acids is 1. The van der Waals surface area contributed by atoms with E-state index in [1.54, 1.807) is 24.1 Å². The summed E-state index contributed by atoms with van der Waals surface area (Å²) in [6, 6.07) is 1.62. The van der Waals surface area contributed by atoms with Gasteiger partial charge in [0.2, 0.25) is 0 Å². The Morgan fingerprint density at radius 1 is 1.48 bits per heavy atom. The lowest BCUT2D eigenvalue weighted by Crippen LogP contribution is -2.59. The Balaban J connectivity index is 1.67. The Morgan fingerprint density at radius 2 is 2.17 bits per heavy atom. The molecule has 2 aliphatic rings. The van der Waals surface area contributed by atoms with Gasteiger partial charge in [0.1, 0.15) is 6.10 Å². The predicted molar refractivity (Wildman–Crippen MR) is 84.3 cm³/mol. The van der Waals surface area contributed by atoms with E-state index in [-0.39, 0.29) is 12.5 Å². The molecule has 0 aromatic carbocycles. The van der Waals surface area contributed by atoms with Crippen molar-refractivity contribution in [1.82, 2.24) is 9.88 Å². The van der Waals surface area contributed by atoms with Crippen LogP contribution in [0.2, 0.25) is 5.02 Å². The second-order valence-corrected chi connectivity index (χ2v) is 7.10. The Hall–Kier alpha value is -1.21. The number of carbonyl (C=O) groups is 1. The third-order valence-corrected chi connectivity index (χ3v) is 5.21. The van der Waals surface area contributed by atoms with Crippen LogP contribution in [-0.4, -0.2) is 63.0 Å². The van der Waals surface area contributed by atoms with Crippen molar-refractivity contribution in [3.63, 3.8) is 0 Å². The summed E-state index contributed by atoms with van der Waals surface area (Å²) >= 11 is 6.04. The third-order valence-electron chi connectivity index (χ3n) is 4.91. The summed E-state index contributed by atoms with van der Waals surface area (Å²) in [7, 11) is 0. The minimum atomic E-state index is -1.15. The predicted octanol–water partition coefficient (Wildman–Crippen LogP) is 1.24. The summed E-state index contributed by atoms with van der Waals surface area (Å²) in [5, 5.41) is 20.5. The smallest absolute Gasteiger partial charge is 0.255 e. The van der Waals surface area contributed by atoms with Gasteiger partial charge in [0, 0.05) is 31.9 Å². The Labute approximate surface area is 140 Å². The second-order valence-electron chi connectivity index (χ2n) is 6.69. The van der Waals surface area contributed by atoms with Gasteiger partial charge in [0.15, 0.2) is 0 Å². The molecule has 1 amide bonds. The molecule has 2 N–H and O–H groups in total. The molecule has 126 valence electrons. The van der Waals surface area contributed by atoms with Crippen LogP contribution in [0.25, 0.3) is 0 Å². The van der Waals surface area contributed by atoms with Gasteiger partial charge in [-0.2, -0.15) is 0 Å². The Morgan fingerprint density at radius 3 is 2.78 bits per heavy atom. The summed E-state index contributed by atoms with van der Waals surface area (Å²) in [5.74, 6) is -0.116. The molecule has 1 spiro atoms. The molecule has 0 unspecified atom stereocenters. The minimum Gasteiger partial charge on any atom is -0.388 e. The molecule has 0 bridgehead atoms. The van der Waals surface area contributed by atoms with E-state index in [2.05, 4.69) is 4.98 Å². The zero-order valence-electron chi connectivity index (χ0n) is 13.0. The van der Waals surface area contributed by atoms with E-state index in [4.69, 9.17) is 16.3 Å². The number of ether oxygens (including phenoxy) is 1. The zero-order chi connectivity index (χ0) is 16.7. The van der Waals surface area contributed by atoms with Crippen molar-refractivity contribution >= 4 is 17.5 Å². The summed E-state index contributed by atoms with van der Waals surface area (Å²) in [5.41, 5.74) is -1.18. The zero-order valence-corrected chi connectivity index (χ0v) is 13.8. The van der Waals surface area contributed by atoms with Crippen LogP contribution in [0.3, 0.4) is 0 Å². The third kappa shape index (κ3) is 3.21. The number of aliphatic hydroxyl groups excluding tert-OH is 1. The number of piperidine rings is 1. The average Bonchev–Trinajstić information content (AvgIpc) is 2.52. The van der Waals surface area contributed by atoms with Gasteiger partial charge in [0.25, 0.3) is 5.91 Å². The van der Waals surface area contributed by atoms with E-state index >= 15 is 0 Å². The number of amides is 1. The van der Waals surface area contributed by atoms with Gasteiger partial charge in [0.05, 0.1) is 28.4 Å². The van der Waals surface area contributed by atoms with Crippen LogP contribution in [0.15, 0.2) is 18.5 Å². The van der Waals surface area contributed by atoms with Crippen LogP contribution in [0.1, 0.15) is 36.5 Å². The Bertz CT molecular complexity index is 599. The standard InChI is InChI=1S/C16H21ClN2O4/c1-15(22)10-16(23-9-13(15)20)3-6-19(7-4-16)14(21)11-2-5-18-8-12(11)17/h2,5,8,13,20,22H,3-4,6-7,9-10H2,1H3/t13-,15-/m0/s1. The molecule has 1 aromatic rings. The van der Waals surface area contributed by atoms with E-state index in [9.17, 15) is 15.0 Å². The highest BCUT2D eigenvalue weighted by Crippen LogP contribution is 2.39. The maximum absolute atomic E-state index is 12.6. The molecule has 7 heteroatoms. The molecule has 0 radical (unpaired) electrons. The summed E-state index contributed by atoms with van der Waals surface area (Å²) in [6.45, 7) is 2.82.